The van der Waals surface area contributed by atoms with Crippen molar-refractivity contribution in [2.45, 2.75) is 53.4 Å². The summed E-state index contributed by atoms with van der Waals surface area (Å²) >= 11 is 0. The van der Waals surface area contributed by atoms with Gasteiger partial charge in [-0.1, -0.05) is 27.7 Å². The molecule has 4 N–H and O–H groups in total. The quantitative estimate of drug-likeness (QED) is 0.630. The normalized spacial score (nSPS) is 7.06. The zero-order chi connectivity index (χ0) is 13.7. The SMILES string of the molecule is CCCO.CCCO.CCCO.CCCO.[Zr]. The summed E-state index contributed by atoms with van der Waals surface area (Å²) in [5.74, 6) is 0. The topological polar surface area (TPSA) is 80.9 Å². The van der Waals surface area contributed by atoms with Gasteiger partial charge in [-0.15, -0.1) is 0 Å². The fourth-order valence-corrected chi connectivity index (χ4v) is 0. The summed E-state index contributed by atoms with van der Waals surface area (Å²) in [6.07, 6.45) is 3.50. The number of aliphatic hydroxyl groups excluding tert-OH is 4. The molecule has 0 rings (SSSR count). The molecule has 0 bridgehead atoms. The molecule has 17 heavy (non-hydrogen) atoms. The Morgan fingerprint density at radius 1 is 0.471 bits per heavy atom. The van der Waals surface area contributed by atoms with Gasteiger partial charge in [0, 0.05) is 52.6 Å². The van der Waals surface area contributed by atoms with Crippen molar-refractivity contribution in [3.05, 3.63) is 0 Å². The van der Waals surface area contributed by atoms with Gasteiger partial charge in [0.15, 0.2) is 0 Å². The van der Waals surface area contributed by atoms with E-state index in [1.54, 1.807) is 0 Å². The molecule has 4 nitrogen and oxygen atoms in total. The molecule has 0 atom stereocenters. The van der Waals surface area contributed by atoms with Crippen LogP contribution in [-0.4, -0.2) is 46.9 Å². The molecule has 0 radical (unpaired) electrons. The van der Waals surface area contributed by atoms with E-state index in [4.69, 9.17) is 20.4 Å². The summed E-state index contributed by atoms with van der Waals surface area (Å²) in [5.41, 5.74) is 0. The molecule has 0 fully saturated rings. The molecule has 0 aliphatic rings. The van der Waals surface area contributed by atoms with Crippen LogP contribution in [0.5, 0.6) is 0 Å². The van der Waals surface area contributed by atoms with E-state index in [0.29, 0.717) is 26.4 Å². The van der Waals surface area contributed by atoms with E-state index in [1.807, 2.05) is 27.7 Å². The molecular weight excluding hydrogens is 299 g/mol. The number of rotatable bonds is 4. The summed E-state index contributed by atoms with van der Waals surface area (Å²) in [7, 11) is 0. The fourth-order valence-electron chi connectivity index (χ4n) is 0. The second-order valence-electron chi connectivity index (χ2n) is 2.89. The molecule has 5 heteroatoms. The van der Waals surface area contributed by atoms with Crippen molar-refractivity contribution >= 4 is 0 Å². The standard InChI is InChI=1S/4C3H8O.Zr/c4*1-2-3-4;/h4*4H,2-3H2,1H3;. The van der Waals surface area contributed by atoms with Gasteiger partial charge in [-0.3, -0.25) is 0 Å². The number of hydrogen-bond donors (Lipinski definition) is 4. The molecule has 0 heterocycles. The summed E-state index contributed by atoms with van der Waals surface area (Å²) in [4.78, 5) is 0. The van der Waals surface area contributed by atoms with Crippen molar-refractivity contribution in [3.8, 4) is 0 Å². The molecular formula is C12H32O4Zr. The van der Waals surface area contributed by atoms with Crippen LogP contribution < -0.4 is 0 Å². The van der Waals surface area contributed by atoms with Crippen LogP contribution in [0.3, 0.4) is 0 Å². The Hall–Kier alpha value is 0.723. The first-order chi connectivity index (χ1) is 7.66. The maximum atomic E-state index is 7.88. The number of aliphatic hydroxyl groups is 4. The van der Waals surface area contributed by atoms with Crippen molar-refractivity contribution in [1.82, 2.24) is 0 Å². The first-order valence-electron chi connectivity index (χ1n) is 6.09. The Kier molecular flexibility index (Phi) is 97.9. The summed E-state index contributed by atoms with van der Waals surface area (Å²) < 4.78 is 0. The van der Waals surface area contributed by atoms with Crippen molar-refractivity contribution in [1.29, 1.82) is 0 Å². The largest absolute Gasteiger partial charge is 0.396 e. The third kappa shape index (κ3) is 163. The molecule has 0 aliphatic carbocycles. The van der Waals surface area contributed by atoms with Crippen molar-refractivity contribution in [3.63, 3.8) is 0 Å². The van der Waals surface area contributed by atoms with E-state index in [0.717, 1.165) is 25.7 Å². The van der Waals surface area contributed by atoms with Crippen LogP contribution in [0.2, 0.25) is 0 Å². The van der Waals surface area contributed by atoms with E-state index in [9.17, 15) is 0 Å². The van der Waals surface area contributed by atoms with Gasteiger partial charge in [0.1, 0.15) is 0 Å². The predicted octanol–water partition coefficient (Wildman–Crippen LogP) is 1.55. The molecule has 0 aromatic carbocycles. The monoisotopic (exact) mass is 330 g/mol. The van der Waals surface area contributed by atoms with Crippen LogP contribution in [-0.2, 0) is 26.2 Å². The van der Waals surface area contributed by atoms with Crippen molar-refractivity contribution in [2.75, 3.05) is 26.4 Å². The van der Waals surface area contributed by atoms with E-state index in [1.165, 1.54) is 0 Å². The Bertz CT molecular complexity index is 42.5. The minimum atomic E-state index is 0. The second kappa shape index (κ2) is 54.3. The van der Waals surface area contributed by atoms with Crippen LogP contribution >= 0.6 is 0 Å². The van der Waals surface area contributed by atoms with Gasteiger partial charge in [0.2, 0.25) is 0 Å². The average Bonchev–Trinajstić information content (AvgIpc) is 2.39. The molecule has 0 unspecified atom stereocenters. The maximum absolute atomic E-state index is 7.88. The van der Waals surface area contributed by atoms with Crippen molar-refractivity contribution < 1.29 is 46.6 Å². The van der Waals surface area contributed by atoms with Gasteiger partial charge in [-0.2, -0.15) is 0 Å². The molecule has 0 aromatic rings. The Balaban J connectivity index is -0.0000000369. The molecule has 0 spiro atoms. The van der Waals surface area contributed by atoms with Gasteiger partial charge in [0.05, 0.1) is 0 Å². The van der Waals surface area contributed by atoms with Crippen LogP contribution in [0, 0.1) is 0 Å². The molecule has 108 valence electrons. The summed E-state index contributed by atoms with van der Waals surface area (Å²) in [6.45, 7) is 9.00. The van der Waals surface area contributed by atoms with E-state index < -0.39 is 0 Å². The van der Waals surface area contributed by atoms with Gasteiger partial charge in [-0.05, 0) is 25.7 Å². The van der Waals surface area contributed by atoms with Crippen molar-refractivity contribution in [2.24, 2.45) is 0 Å². The Morgan fingerprint density at radius 2 is 0.529 bits per heavy atom. The molecule has 0 saturated heterocycles. The van der Waals surface area contributed by atoms with Crippen LogP contribution in [0.25, 0.3) is 0 Å². The molecule has 0 aliphatic heterocycles. The minimum absolute atomic E-state index is 0. The smallest absolute Gasteiger partial charge is 0.0428 e. The van der Waals surface area contributed by atoms with E-state index in [2.05, 4.69) is 0 Å². The van der Waals surface area contributed by atoms with Crippen LogP contribution in [0.1, 0.15) is 53.4 Å². The summed E-state index contributed by atoms with van der Waals surface area (Å²) in [5, 5.41) is 31.5. The fraction of sp³-hybridized carbons (Fsp3) is 1.00. The zero-order valence-corrected chi connectivity index (χ0v) is 14.4. The van der Waals surface area contributed by atoms with Gasteiger partial charge >= 0.3 is 0 Å². The third-order valence-corrected chi connectivity index (χ3v) is 0.894. The maximum Gasteiger partial charge on any atom is 0.0428 e. The summed E-state index contributed by atoms with van der Waals surface area (Å²) in [6, 6.07) is 0. The third-order valence-electron chi connectivity index (χ3n) is 0.894. The molecule has 0 amide bonds. The van der Waals surface area contributed by atoms with Gasteiger partial charge in [-0.25, -0.2) is 0 Å². The molecule has 0 saturated carbocycles. The van der Waals surface area contributed by atoms with Crippen LogP contribution in [0.4, 0.5) is 0 Å². The number of hydrogen-bond acceptors (Lipinski definition) is 4. The van der Waals surface area contributed by atoms with Gasteiger partial charge < -0.3 is 20.4 Å². The Labute approximate surface area is 126 Å². The van der Waals surface area contributed by atoms with Crippen LogP contribution in [0.15, 0.2) is 0 Å². The zero-order valence-electron chi connectivity index (χ0n) is 11.9. The molecule has 0 aromatic heterocycles. The Morgan fingerprint density at radius 3 is 0.529 bits per heavy atom. The minimum Gasteiger partial charge on any atom is -0.396 e. The first-order valence-corrected chi connectivity index (χ1v) is 6.09. The van der Waals surface area contributed by atoms with Gasteiger partial charge in [0.25, 0.3) is 0 Å². The van der Waals surface area contributed by atoms with E-state index in [-0.39, 0.29) is 26.2 Å². The van der Waals surface area contributed by atoms with E-state index >= 15 is 0 Å². The predicted molar refractivity (Wildman–Crippen MR) is 69.5 cm³/mol. The first kappa shape index (κ1) is 30.6. The second-order valence-corrected chi connectivity index (χ2v) is 2.89. The average molecular weight is 332 g/mol.